The van der Waals surface area contributed by atoms with Gasteiger partial charge in [-0.1, -0.05) is 13.0 Å². The van der Waals surface area contributed by atoms with Gasteiger partial charge in [0.15, 0.2) is 0 Å². The van der Waals surface area contributed by atoms with Gasteiger partial charge in [-0.25, -0.2) is 5.48 Å². The summed E-state index contributed by atoms with van der Waals surface area (Å²) >= 11 is 0. The molecule has 1 amide bonds. The van der Waals surface area contributed by atoms with Crippen molar-refractivity contribution in [3.05, 3.63) is 12.7 Å². The van der Waals surface area contributed by atoms with Crippen LogP contribution in [0.15, 0.2) is 12.7 Å². The van der Waals surface area contributed by atoms with Crippen LogP contribution < -0.4 is 5.48 Å². The highest BCUT2D eigenvalue weighted by Gasteiger charge is 2.06. The largest absolute Gasteiger partial charge is 0.274 e. The van der Waals surface area contributed by atoms with Gasteiger partial charge in [-0.3, -0.25) is 9.63 Å². The molecule has 3 nitrogen and oxygen atoms in total. The normalized spacial score (nSPS) is 12.2. The highest BCUT2D eigenvalue weighted by atomic mass is 16.6. The lowest BCUT2D eigenvalue weighted by atomic mass is 10.2. The number of carbonyl (C=O) groups excluding carboxylic acids is 1. The zero-order valence-corrected chi connectivity index (χ0v) is 6.39. The van der Waals surface area contributed by atoms with Gasteiger partial charge in [0.25, 0.3) is 0 Å². The van der Waals surface area contributed by atoms with Crippen molar-refractivity contribution in [1.29, 1.82) is 0 Å². The van der Waals surface area contributed by atoms with E-state index < -0.39 is 0 Å². The third-order valence-corrected chi connectivity index (χ3v) is 1.08. The third kappa shape index (κ3) is 3.25. The average Bonchev–Trinajstić information content (AvgIpc) is 1.98. The molecule has 0 aliphatic rings. The van der Waals surface area contributed by atoms with Crippen molar-refractivity contribution >= 4 is 5.91 Å². The fourth-order valence-corrected chi connectivity index (χ4v) is 0.343. The van der Waals surface area contributed by atoms with Gasteiger partial charge in [-0.05, 0) is 6.92 Å². The Balaban J connectivity index is 3.51. The number of nitrogens with one attached hydrogen (secondary N) is 1. The first-order valence-corrected chi connectivity index (χ1v) is 3.26. The molecule has 0 aromatic rings. The summed E-state index contributed by atoms with van der Waals surface area (Å²) in [4.78, 5) is 15.5. The second-order valence-electron chi connectivity index (χ2n) is 1.92. The smallest absolute Gasteiger partial charge is 0.250 e. The molecule has 0 heterocycles. The van der Waals surface area contributed by atoms with Gasteiger partial charge in [0.2, 0.25) is 5.91 Å². The van der Waals surface area contributed by atoms with Crippen molar-refractivity contribution in [1.82, 2.24) is 5.48 Å². The monoisotopic (exact) mass is 143 g/mol. The van der Waals surface area contributed by atoms with E-state index in [9.17, 15) is 4.79 Å². The standard InChI is InChI=1S/C7H13NO2/c1-4-6(3)7(9)8-10-5-2/h4,6H,1,5H2,2-3H3,(H,8,9). The maximum absolute atomic E-state index is 10.8. The first-order chi connectivity index (χ1) is 4.72. The molecule has 0 spiro atoms. The van der Waals surface area contributed by atoms with E-state index in [2.05, 4.69) is 16.9 Å². The van der Waals surface area contributed by atoms with Gasteiger partial charge in [0, 0.05) is 0 Å². The van der Waals surface area contributed by atoms with E-state index in [4.69, 9.17) is 0 Å². The SMILES string of the molecule is C=CC(C)C(=O)NOCC. The van der Waals surface area contributed by atoms with Crippen LogP contribution in [0.2, 0.25) is 0 Å². The Bertz CT molecular complexity index is 123. The maximum atomic E-state index is 10.8. The van der Waals surface area contributed by atoms with Gasteiger partial charge in [0.1, 0.15) is 0 Å². The van der Waals surface area contributed by atoms with Gasteiger partial charge >= 0.3 is 0 Å². The number of hydroxylamine groups is 1. The number of hydrogen-bond acceptors (Lipinski definition) is 2. The van der Waals surface area contributed by atoms with E-state index in [0.29, 0.717) is 6.61 Å². The lowest BCUT2D eigenvalue weighted by molar-refractivity contribution is -0.135. The molecule has 3 heteroatoms. The average molecular weight is 143 g/mol. The molecule has 10 heavy (non-hydrogen) atoms. The number of carbonyl (C=O) groups is 1. The van der Waals surface area contributed by atoms with Crippen molar-refractivity contribution in [3.8, 4) is 0 Å². The number of amides is 1. The first-order valence-electron chi connectivity index (χ1n) is 3.26. The van der Waals surface area contributed by atoms with Crippen LogP contribution in [-0.4, -0.2) is 12.5 Å². The van der Waals surface area contributed by atoms with E-state index in [0.717, 1.165) is 0 Å². The van der Waals surface area contributed by atoms with Crippen LogP contribution in [0, 0.1) is 5.92 Å². The fourth-order valence-electron chi connectivity index (χ4n) is 0.343. The summed E-state index contributed by atoms with van der Waals surface area (Å²) < 4.78 is 0. The van der Waals surface area contributed by atoms with Crippen LogP contribution in [0.25, 0.3) is 0 Å². The van der Waals surface area contributed by atoms with Crippen molar-refractivity contribution in [2.75, 3.05) is 6.61 Å². The predicted molar refractivity (Wildman–Crippen MR) is 39.1 cm³/mol. The Morgan fingerprint density at radius 2 is 2.50 bits per heavy atom. The Morgan fingerprint density at radius 3 is 2.90 bits per heavy atom. The molecule has 0 aromatic carbocycles. The Hall–Kier alpha value is -0.830. The van der Waals surface area contributed by atoms with Crippen LogP contribution in [0.5, 0.6) is 0 Å². The zero-order chi connectivity index (χ0) is 7.98. The van der Waals surface area contributed by atoms with Gasteiger partial charge in [0.05, 0.1) is 12.5 Å². The van der Waals surface area contributed by atoms with Gasteiger partial charge < -0.3 is 0 Å². The summed E-state index contributed by atoms with van der Waals surface area (Å²) in [5.41, 5.74) is 2.27. The molecule has 58 valence electrons. The van der Waals surface area contributed by atoms with E-state index >= 15 is 0 Å². The van der Waals surface area contributed by atoms with Crippen molar-refractivity contribution in [2.24, 2.45) is 5.92 Å². The molecule has 0 bridgehead atoms. The summed E-state index contributed by atoms with van der Waals surface area (Å²) in [5.74, 6) is -0.344. The molecule has 0 saturated heterocycles. The van der Waals surface area contributed by atoms with Crippen LogP contribution in [0.1, 0.15) is 13.8 Å². The van der Waals surface area contributed by atoms with Crippen molar-refractivity contribution in [2.45, 2.75) is 13.8 Å². The second-order valence-corrected chi connectivity index (χ2v) is 1.92. The summed E-state index contributed by atoms with van der Waals surface area (Å²) in [6.45, 7) is 7.51. The van der Waals surface area contributed by atoms with E-state index in [-0.39, 0.29) is 11.8 Å². The van der Waals surface area contributed by atoms with Crippen LogP contribution >= 0.6 is 0 Å². The van der Waals surface area contributed by atoms with Crippen LogP contribution in [0.3, 0.4) is 0 Å². The molecule has 0 radical (unpaired) electrons. The molecule has 0 fully saturated rings. The third-order valence-electron chi connectivity index (χ3n) is 1.08. The Morgan fingerprint density at radius 1 is 1.90 bits per heavy atom. The van der Waals surface area contributed by atoms with Crippen molar-refractivity contribution < 1.29 is 9.63 Å². The molecule has 1 unspecified atom stereocenters. The number of hydrogen-bond donors (Lipinski definition) is 1. The minimum Gasteiger partial charge on any atom is -0.274 e. The van der Waals surface area contributed by atoms with E-state index in [1.54, 1.807) is 19.9 Å². The molecular formula is C7H13NO2. The highest BCUT2D eigenvalue weighted by Crippen LogP contribution is 1.93. The molecule has 0 aliphatic carbocycles. The topological polar surface area (TPSA) is 38.3 Å². The Kier molecular flexibility index (Phi) is 4.58. The van der Waals surface area contributed by atoms with Gasteiger partial charge in [-0.15, -0.1) is 6.58 Å². The lowest BCUT2D eigenvalue weighted by Crippen LogP contribution is -2.28. The Labute approximate surface area is 61.0 Å². The minimum atomic E-state index is -0.188. The highest BCUT2D eigenvalue weighted by molar-refractivity contribution is 5.78. The molecule has 0 saturated carbocycles. The van der Waals surface area contributed by atoms with Crippen LogP contribution in [0.4, 0.5) is 0 Å². The second kappa shape index (κ2) is 4.99. The number of rotatable bonds is 4. The summed E-state index contributed by atoms with van der Waals surface area (Å²) in [5, 5.41) is 0. The zero-order valence-electron chi connectivity index (χ0n) is 6.39. The van der Waals surface area contributed by atoms with Crippen molar-refractivity contribution in [3.63, 3.8) is 0 Å². The molecule has 0 rings (SSSR count). The van der Waals surface area contributed by atoms with E-state index in [1.165, 1.54) is 0 Å². The minimum absolute atomic E-state index is 0.156. The molecule has 1 atom stereocenters. The molecular weight excluding hydrogens is 130 g/mol. The maximum Gasteiger partial charge on any atom is 0.250 e. The van der Waals surface area contributed by atoms with E-state index in [1.807, 2.05) is 0 Å². The summed E-state index contributed by atoms with van der Waals surface area (Å²) in [7, 11) is 0. The fraction of sp³-hybridized carbons (Fsp3) is 0.571. The molecule has 1 N–H and O–H groups in total. The summed E-state index contributed by atoms with van der Waals surface area (Å²) in [6.07, 6.45) is 1.56. The molecule has 0 aromatic heterocycles. The van der Waals surface area contributed by atoms with Crippen LogP contribution in [-0.2, 0) is 9.63 Å². The first kappa shape index (κ1) is 9.17. The quantitative estimate of drug-likeness (QED) is 0.468. The van der Waals surface area contributed by atoms with Gasteiger partial charge in [-0.2, -0.15) is 0 Å². The predicted octanol–water partition coefficient (Wildman–Crippen LogP) is 0.876. The molecule has 0 aliphatic heterocycles. The lowest BCUT2D eigenvalue weighted by Gasteiger charge is -2.05. The summed E-state index contributed by atoms with van der Waals surface area (Å²) in [6, 6.07) is 0.